The Morgan fingerprint density at radius 2 is 0.941 bits per heavy atom. The van der Waals surface area contributed by atoms with Crippen LogP contribution in [0.5, 0.6) is 0 Å². The van der Waals surface area contributed by atoms with Gasteiger partial charge in [-0.2, -0.15) is 0 Å². The van der Waals surface area contributed by atoms with Crippen molar-refractivity contribution in [2.24, 2.45) is 0 Å². The molecule has 0 heterocycles. The van der Waals surface area contributed by atoms with Crippen LogP contribution < -0.4 is 0 Å². The second-order valence-corrected chi connectivity index (χ2v) is 6.73. The van der Waals surface area contributed by atoms with Crippen molar-refractivity contribution in [1.29, 1.82) is 0 Å². The first-order valence-corrected chi connectivity index (χ1v) is 8.36. The largest absolute Gasteiger partial charge is 0.396 e. The highest BCUT2D eigenvalue weighted by atomic mass is 32.2. The quantitative estimate of drug-likeness (QED) is 0.525. The molecule has 17 heavy (non-hydrogen) atoms. The lowest BCUT2D eigenvalue weighted by Crippen LogP contribution is -2.11. The van der Waals surface area contributed by atoms with Crippen LogP contribution in [0.25, 0.3) is 0 Å². The van der Waals surface area contributed by atoms with E-state index in [2.05, 4.69) is 0 Å². The van der Waals surface area contributed by atoms with Gasteiger partial charge in [-0.25, -0.2) is 8.42 Å². The lowest BCUT2D eigenvalue weighted by molar-refractivity contribution is 0.283. The molecule has 0 aromatic carbocycles. The van der Waals surface area contributed by atoms with Crippen LogP contribution in [-0.4, -0.2) is 43.4 Å². The molecule has 0 rings (SSSR count). The van der Waals surface area contributed by atoms with Gasteiger partial charge in [0.1, 0.15) is 9.84 Å². The second-order valence-electron chi connectivity index (χ2n) is 4.43. The van der Waals surface area contributed by atoms with Crippen LogP contribution in [0.15, 0.2) is 0 Å². The Kier molecular flexibility index (Phi) is 10.9. The molecule has 0 aliphatic heterocycles. The molecule has 2 N–H and O–H groups in total. The van der Waals surface area contributed by atoms with Crippen LogP contribution in [0.2, 0.25) is 0 Å². The summed E-state index contributed by atoms with van der Waals surface area (Å²) in [5, 5.41) is 17.2. The Labute approximate surface area is 105 Å². The average Bonchev–Trinajstić information content (AvgIpc) is 2.28. The van der Waals surface area contributed by atoms with Crippen molar-refractivity contribution < 1.29 is 18.6 Å². The van der Waals surface area contributed by atoms with Gasteiger partial charge in [-0.3, -0.25) is 0 Å². The summed E-state index contributed by atoms with van der Waals surface area (Å²) in [4.78, 5) is 0. The number of aliphatic hydroxyl groups excluding tert-OH is 2. The van der Waals surface area contributed by atoms with Crippen molar-refractivity contribution in [2.45, 2.75) is 51.4 Å². The normalized spacial score (nSPS) is 11.9. The molecule has 5 heteroatoms. The maximum absolute atomic E-state index is 11.6. The number of hydrogen-bond donors (Lipinski definition) is 2. The summed E-state index contributed by atoms with van der Waals surface area (Å²) in [6, 6.07) is 0. The smallest absolute Gasteiger partial charge is 0.150 e. The Morgan fingerprint density at radius 3 is 1.29 bits per heavy atom. The van der Waals surface area contributed by atoms with Crippen molar-refractivity contribution in [1.82, 2.24) is 0 Å². The molecule has 0 radical (unpaired) electrons. The minimum atomic E-state index is -2.88. The van der Waals surface area contributed by atoms with Gasteiger partial charge in [0.2, 0.25) is 0 Å². The highest BCUT2D eigenvalue weighted by Crippen LogP contribution is 2.06. The number of rotatable bonds is 12. The molecule has 0 aliphatic carbocycles. The zero-order valence-corrected chi connectivity index (χ0v) is 11.4. The van der Waals surface area contributed by atoms with E-state index in [4.69, 9.17) is 10.2 Å². The van der Waals surface area contributed by atoms with E-state index in [-0.39, 0.29) is 24.7 Å². The lowest BCUT2D eigenvalue weighted by atomic mass is 10.2. The van der Waals surface area contributed by atoms with Gasteiger partial charge in [-0.05, 0) is 25.7 Å². The molecule has 0 saturated carbocycles. The monoisotopic (exact) mass is 266 g/mol. The SMILES string of the molecule is O=S(=O)(CCCCCCO)CCCCCCO. The van der Waals surface area contributed by atoms with Crippen molar-refractivity contribution in [3.05, 3.63) is 0 Å². The first kappa shape index (κ1) is 16.9. The third-order valence-corrected chi connectivity index (χ3v) is 4.55. The van der Waals surface area contributed by atoms with E-state index < -0.39 is 9.84 Å². The predicted octanol–water partition coefficient (Wildman–Crippen LogP) is 1.51. The minimum Gasteiger partial charge on any atom is -0.396 e. The Balaban J connectivity index is 3.46. The molecule has 0 bridgehead atoms. The van der Waals surface area contributed by atoms with E-state index in [1.807, 2.05) is 0 Å². The van der Waals surface area contributed by atoms with E-state index >= 15 is 0 Å². The molecule has 0 spiro atoms. The summed E-state index contributed by atoms with van der Waals surface area (Å²) in [6.45, 7) is 0.384. The third-order valence-electron chi connectivity index (χ3n) is 2.73. The van der Waals surface area contributed by atoms with Gasteiger partial charge in [-0.15, -0.1) is 0 Å². The van der Waals surface area contributed by atoms with E-state index in [1.54, 1.807) is 0 Å². The van der Waals surface area contributed by atoms with E-state index in [1.165, 1.54) is 0 Å². The molecule has 4 nitrogen and oxygen atoms in total. The first-order chi connectivity index (χ1) is 8.12. The van der Waals surface area contributed by atoms with Crippen molar-refractivity contribution in [2.75, 3.05) is 24.7 Å². The Bertz CT molecular complexity index is 229. The topological polar surface area (TPSA) is 74.6 Å². The molecule has 0 amide bonds. The molecule has 0 unspecified atom stereocenters. The first-order valence-electron chi connectivity index (χ1n) is 6.54. The van der Waals surface area contributed by atoms with Crippen LogP contribution in [0.3, 0.4) is 0 Å². The van der Waals surface area contributed by atoms with Gasteiger partial charge in [-0.1, -0.05) is 25.7 Å². The fraction of sp³-hybridized carbons (Fsp3) is 1.00. The van der Waals surface area contributed by atoms with E-state index in [0.717, 1.165) is 38.5 Å². The van der Waals surface area contributed by atoms with Crippen LogP contribution in [-0.2, 0) is 9.84 Å². The van der Waals surface area contributed by atoms with Gasteiger partial charge in [0.25, 0.3) is 0 Å². The molecule has 0 aromatic rings. The van der Waals surface area contributed by atoms with Crippen LogP contribution in [0.4, 0.5) is 0 Å². The Hall–Kier alpha value is -0.130. The fourth-order valence-electron chi connectivity index (χ4n) is 1.68. The number of sulfone groups is 1. The maximum Gasteiger partial charge on any atom is 0.150 e. The molecule has 0 aromatic heterocycles. The average molecular weight is 266 g/mol. The molecular weight excluding hydrogens is 240 g/mol. The molecule has 0 aliphatic rings. The highest BCUT2D eigenvalue weighted by molar-refractivity contribution is 7.91. The van der Waals surface area contributed by atoms with Crippen LogP contribution >= 0.6 is 0 Å². The standard InChI is InChI=1S/C12H26O4S/c13-9-5-1-3-7-11-17(15,16)12-8-4-2-6-10-14/h13-14H,1-12H2. The fourth-order valence-corrected chi connectivity index (χ4v) is 3.17. The maximum atomic E-state index is 11.6. The van der Waals surface area contributed by atoms with E-state index in [0.29, 0.717) is 12.8 Å². The number of aliphatic hydroxyl groups is 2. The zero-order valence-electron chi connectivity index (χ0n) is 10.6. The Morgan fingerprint density at radius 1 is 0.588 bits per heavy atom. The van der Waals surface area contributed by atoms with Crippen LogP contribution in [0, 0.1) is 0 Å². The summed E-state index contributed by atoms with van der Waals surface area (Å²) < 4.78 is 23.2. The summed E-state index contributed by atoms with van der Waals surface area (Å²) >= 11 is 0. The van der Waals surface area contributed by atoms with Crippen molar-refractivity contribution in [3.63, 3.8) is 0 Å². The highest BCUT2D eigenvalue weighted by Gasteiger charge is 2.09. The van der Waals surface area contributed by atoms with Crippen molar-refractivity contribution in [3.8, 4) is 0 Å². The van der Waals surface area contributed by atoms with Crippen LogP contribution in [0.1, 0.15) is 51.4 Å². The third kappa shape index (κ3) is 12.1. The van der Waals surface area contributed by atoms with Gasteiger partial charge in [0.05, 0.1) is 11.5 Å². The van der Waals surface area contributed by atoms with Gasteiger partial charge in [0.15, 0.2) is 0 Å². The minimum absolute atomic E-state index is 0.192. The summed E-state index contributed by atoms with van der Waals surface area (Å²) in [7, 11) is -2.88. The second kappa shape index (κ2) is 11.0. The van der Waals surface area contributed by atoms with Gasteiger partial charge >= 0.3 is 0 Å². The number of hydrogen-bond acceptors (Lipinski definition) is 4. The van der Waals surface area contributed by atoms with E-state index in [9.17, 15) is 8.42 Å². The van der Waals surface area contributed by atoms with Crippen molar-refractivity contribution >= 4 is 9.84 Å². The number of unbranched alkanes of at least 4 members (excludes halogenated alkanes) is 6. The molecule has 0 fully saturated rings. The lowest BCUT2D eigenvalue weighted by Gasteiger charge is -2.04. The zero-order chi connectivity index (χ0) is 13.0. The summed E-state index contributed by atoms with van der Waals surface area (Å²) in [5.74, 6) is 0.552. The summed E-state index contributed by atoms with van der Waals surface area (Å²) in [6.07, 6.45) is 6.51. The molecule has 0 saturated heterocycles. The molecular formula is C12H26O4S. The predicted molar refractivity (Wildman–Crippen MR) is 69.8 cm³/mol. The molecule has 104 valence electrons. The van der Waals surface area contributed by atoms with Gasteiger partial charge in [0, 0.05) is 13.2 Å². The molecule has 0 atom stereocenters. The van der Waals surface area contributed by atoms with Gasteiger partial charge < -0.3 is 10.2 Å². The summed E-state index contributed by atoms with van der Waals surface area (Å²) in [5.41, 5.74) is 0.